The predicted octanol–water partition coefficient (Wildman–Crippen LogP) is 1.13. The van der Waals surface area contributed by atoms with E-state index in [0.717, 1.165) is 11.3 Å². The van der Waals surface area contributed by atoms with Gasteiger partial charge >= 0.3 is 0 Å². The molecule has 1 aliphatic carbocycles. The highest BCUT2D eigenvalue weighted by Crippen LogP contribution is 2.43. The van der Waals surface area contributed by atoms with Gasteiger partial charge in [0.25, 0.3) is 10.0 Å². The molecule has 8 heteroatoms. The highest BCUT2D eigenvalue weighted by molar-refractivity contribution is 7.91. The van der Waals surface area contributed by atoms with Crippen molar-refractivity contribution in [2.24, 2.45) is 5.41 Å². The Balaban J connectivity index is 2.18. The lowest BCUT2D eigenvalue weighted by molar-refractivity contribution is -0.0908. The topological polar surface area (TPSA) is 94.3 Å². The molecule has 0 spiro atoms. The monoisotopic (exact) mass is 305 g/mol. The molecule has 19 heavy (non-hydrogen) atoms. The highest BCUT2D eigenvalue weighted by atomic mass is 32.2. The number of aryl methyl sites for hydroxylation is 1. The van der Waals surface area contributed by atoms with Gasteiger partial charge in [0.05, 0.1) is 11.8 Å². The van der Waals surface area contributed by atoms with Crippen LogP contribution in [0.25, 0.3) is 0 Å². The molecule has 2 rings (SSSR count). The van der Waals surface area contributed by atoms with Gasteiger partial charge < -0.3 is 10.5 Å². The molecule has 1 aliphatic rings. The summed E-state index contributed by atoms with van der Waals surface area (Å²) in [5.41, 5.74) is 5.77. The van der Waals surface area contributed by atoms with Crippen LogP contribution in [-0.2, 0) is 14.8 Å². The number of sulfonamides is 1. The molecule has 6 nitrogen and oxygen atoms in total. The van der Waals surface area contributed by atoms with Crippen LogP contribution in [0.3, 0.4) is 0 Å². The van der Waals surface area contributed by atoms with E-state index in [1.165, 1.54) is 0 Å². The summed E-state index contributed by atoms with van der Waals surface area (Å²) in [6.07, 6.45) is 0.753. The molecule has 1 aromatic rings. The summed E-state index contributed by atoms with van der Waals surface area (Å²) in [6, 6.07) is -0.134. The van der Waals surface area contributed by atoms with Crippen molar-refractivity contribution in [1.82, 2.24) is 9.71 Å². The second-order valence-electron chi connectivity index (χ2n) is 5.38. The van der Waals surface area contributed by atoms with E-state index in [4.69, 9.17) is 10.5 Å². The molecule has 2 unspecified atom stereocenters. The molecule has 108 valence electrons. The van der Waals surface area contributed by atoms with Crippen LogP contribution in [0.2, 0.25) is 0 Å². The van der Waals surface area contributed by atoms with Gasteiger partial charge in [-0.15, -0.1) is 0 Å². The summed E-state index contributed by atoms with van der Waals surface area (Å²) >= 11 is 0.990. The summed E-state index contributed by atoms with van der Waals surface area (Å²) in [7, 11) is -1.92. The van der Waals surface area contributed by atoms with Crippen molar-refractivity contribution < 1.29 is 13.2 Å². The SMILES string of the molecule is COC1CC(NS(=O)(=O)c2sc(N)nc2C)C1(C)C. The van der Waals surface area contributed by atoms with Crippen LogP contribution in [0.4, 0.5) is 5.13 Å². The maximum absolute atomic E-state index is 12.3. The molecule has 0 aliphatic heterocycles. The van der Waals surface area contributed by atoms with E-state index in [0.29, 0.717) is 12.1 Å². The first-order valence-electron chi connectivity index (χ1n) is 5.96. The van der Waals surface area contributed by atoms with Gasteiger partial charge in [-0.25, -0.2) is 18.1 Å². The van der Waals surface area contributed by atoms with Crippen molar-refractivity contribution in [2.45, 2.75) is 43.5 Å². The van der Waals surface area contributed by atoms with Crippen LogP contribution in [-0.4, -0.2) is 32.7 Å². The second kappa shape index (κ2) is 4.69. The zero-order valence-corrected chi connectivity index (χ0v) is 13.1. The molecule has 0 aromatic carbocycles. The molecule has 1 aromatic heterocycles. The molecular formula is C11H19N3O3S2. The van der Waals surface area contributed by atoms with Crippen molar-refractivity contribution in [2.75, 3.05) is 12.8 Å². The number of rotatable bonds is 4. The van der Waals surface area contributed by atoms with Gasteiger partial charge in [-0.2, -0.15) is 0 Å². The van der Waals surface area contributed by atoms with E-state index in [1.807, 2.05) is 13.8 Å². The van der Waals surface area contributed by atoms with Crippen LogP contribution in [0, 0.1) is 12.3 Å². The summed E-state index contributed by atoms with van der Waals surface area (Å²) in [5, 5.41) is 0.264. The number of ether oxygens (including phenoxy) is 1. The van der Waals surface area contributed by atoms with Crippen molar-refractivity contribution in [3.05, 3.63) is 5.69 Å². The molecule has 1 fully saturated rings. The Hall–Kier alpha value is -0.700. The van der Waals surface area contributed by atoms with Crippen molar-refractivity contribution in [3.8, 4) is 0 Å². The molecule has 0 saturated heterocycles. The number of nitrogens with zero attached hydrogens (tertiary/aromatic N) is 1. The highest BCUT2D eigenvalue weighted by Gasteiger charge is 2.50. The molecule has 0 bridgehead atoms. The maximum atomic E-state index is 12.3. The lowest BCUT2D eigenvalue weighted by Gasteiger charge is -2.50. The van der Waals surface area contributed by atoms with Crippen LogP contribution < -0.4 is 10.5 Å². The molecule has 2 atom stereocenters. The lowest BCUT2D eigenvalue weighted by atomic mass is 9.65. The number of aromatic nitrogens is 1. The molecule has 1 saturated carbocycles. The zero-order chi connectivity index (χ0) is 14.4. The van der Waals surface area contributed by atoms with E-state index in [1.54, 1.807) is 14.0 Å². The molecular weight excluding hydrogens is 286 g/mol. The number of methoxy groups -OCH3 is 1. The number of thiazole rings is 1. The Morgan fingerprint density at radius 1 is 1.53 bits per heavy atom. The Morgan fingerprint density at radius 2 is 2.16 bits per heavy atom. The smallest absolute Gasteiger partial charge is 0.252 e. The van der Waals surface area contributed by atoms with E-state index < -0.39 is 10.0 Å². The Bertz CT molecular complexity index is 580. The number of anilines is 1. The van der Waals surface area contributed by atoms with Crippen molar-refractivity contribution in [3.63, 3.8) is 0 Å². The summed E-state index contributed by atoms with van der Waals surface area (Å²) in [6.45, 7) is 5.63. The third-order valence-corrected chi connectivity index (χ3v) is 6.84. The van der Waals surface area contributed by atoms with Crippen molar-refractivity contribution in [1.29, 1.82) is 0 Å². The zero-order valence-electron chi connectivity index (χ0n) is 11.4. The molecule has 3 N–H and O–H groups in total. The standard InChI is InChI=1S/C11H19N3O3S2/c1-6-9(18-10(12)13-6)19(15,16)14-7-5-8(17-4)11(7,2)3/h7-8,14H,5H2,1-4H3,(H2,12,13). The van der Waals surface area contributed by atoms with Gasteiger partial charge in [0.15, 0.2) is 9.34 Å². The minimum atomic E-state index is -3.56. The first kappa shape index (κ1) is 14.7. The van der Waals surface area contributed by atoms with Gasteiger partial charge in [-0.1, -0.05) is 25.2 Å². The fraction of sp³-hybridized carbons (Fsp3) is 0.727. The van der Waals surface area contributed by atoms with Crippen LogP contribution in [0.5, 0.6) is 0 Å². The molecule has 1 heterocycles. The van der Waals surface area contributed by atoms with E-state index >= 15 is 0 Å². The summed E-state index contributed by atoms with van der Waals surface area (Å²) < 4.78 is 32.9. The number of nitrogen functional groups attached to an aromatic ring is 1. The lowest BCUT2D eigenvalue weighted by Crippen LogP contribution is -2.61. The van der Waals surface area contributed by atoms with Gasteiger partial charge in [0, 0.05) is 18.6 Å². The number of hydrogen-bond acceptors (Lipinski definition) is 6. The number of nitrogens with two attached hydrogens (primary N) is 1. The average Bonchev–Trinajstić information content (AvgIpc) is 2.64. The molecule has 0 amide bonds. The van der Waals surface area contributed by atoms with E-state index in [9.17, 15) is 8.42 Å². The fourth-order valence-corrected chi connectivity index (χ4v) is 5.10. The minimum Gasteiger partial charge on any atom is -0.381 e. The first-order valence-corrected chi connectivity index (χ1v) is 8.26. The normalized spacial score (nSPS) is 26.1. The molecule has 0 radical (unpaired) electrons. The third-order valence-electron chi connectivity index (χ3n) is 3.77. The van der Waals surface area contributed by atoms with E-state index in [2.05, 4.69) is 9.71 Å². The number of hydrogen-bond donors (Lipinski definition) is 2. The second-order valence-corrected chi connectivity index (χ2v) is 8.32. The summed E-state index contributed by atoms with van der Waals surface area (Å²) in [5.74, 6) is 0. The summed E-state index contributed by atoms with van der Waals surface area (Å²) in [4.78, 5) is 3.95. The van der Waals surface area contributed by atoms with E-state index in [-0.39, 0.29) is 26.9 Å². The van der Waals surface area contributed by atoms with Crippen LogP contribution in [0.1, 0.15) is 26.0 Å². The third kappa shape index (κ3) is 2.49. The van der Waals surface area contributed by atoms with Gasteiger partial charge in [0.1, 0.15) is 0 Å². The van der Waals surface area contributed by atoms with Gasteiger partial charge in [-0.3, -0.25) is 0 Å². The first-order chi connectivity index (χ1) is 8.68. The Kier molecular flexibility index (Phi) is 3.63. The van der Waals surface area contributed by atoms with Gasteiger partial charge in [-0.05, 0) is 13.3 Å². The minimum absolute atomic E-state index is 0.0767. The fourth-order valence-electron chi connectivity index (χ4n) is 2.38. The predicted molar refractivity (Wildman–Crippen MR) is 74.6 cm³/mol. The quantitative estimate of drug-likeness (QED) is 0.869. The van der Waals surface area contributed by atoms with Crippen LogP contribution in [0.15, 0.2) is 4.21 Å². The van der Waals surface area contributed by atoms with Crippen molar-refractivity contribution >= 4 is 26.5 Å². The van der Waals surface area contributed by atoms with Gasteiger partial charge in [0.2, 0.25) is 0 Å². The average molecular weight is 305 g/mol. The Labute approximate surface area is 117 Å². The maximum Gasteiger partial charge on any atom is 0.252 e. The largest absolute Gasteiger partial charge is 0.381 e. The Morgan fingerprint density at radius 3 is 2.58 bits per heavy atom. The van der Waals surface area contributed by atoms with Crippen LogP contribution >= 0.6 is 11.3 Å². The number of nitrogens with one attached hydrogen (secondary N) is 1.